The third kappa shape index (κ3) is 4.61. The second kappa shape index (κ2) is 8.48. The Morgan fingerprint density at radius 1 is 1.23 bits per heavy atom. The monoisotopic (exact) mass is 477 g/mol. The van der Waals surface area contributed by atoms with Crippen LogP contribution in [0.3, 0.4) is 0 Å². The summed E-state index contributed by atoms with van der Waals surface area (Å²) in [5, 5.41) is 4.19. The lowest BCUT2D eigenvalue weighted by molar-refractivity contribution is -0.113. The molecule has 1 amide bonds. The molecule has 1 saturated heterocycles. The highest BCUT2D eigenvalue weighted by atomic mass is 35.5. The zero-order valence-corrected chi connectivity index (χ0v) is 19.9. The van der Waals surface area contributed by atoms with Gasteiger partial charge in [0.05, 0.1) is 29.3 Å². The van der Waals surface area contributed by atoms with Gasteiger partial charge in [0.15, 0.2) is 15.0 Å². The van der Waals surface area contributed by atoms with Crippen molar-refractivity contribution in [3.05, 3.63) is 58.1 Å². The lowest BCUT2D eigenvalue weighted by Gasteiger charge is -2.28. The first-order valence-corrected chi connectivity index (χ1v) is 13.2. The van der Waals surface area contributed by atoms with Gasteiger partial charge in [0.1, 0.15) is 0 Å². The normalized spacial score (nSPS) is 21.7. The molecule has 9 heteroatoms. The number of nitrogens with zero attached hydrogens (tertiary/aromatic N) is 2. The second-order valence-corrected chi connectivity index (χ2v) is 11.5. The highest BCUT2D eigenvalue weighted by Gasteiger charge is 2.47. The van der Waals surface area contributed by atoms with Crippen molar-refractivity contribution in [1.29, 1.82) is 0 Å². The molecular formula is C22H24ClN3O3S2. The number of sulfone groups is 1. The van der Waals surface area contributed by atoms with Gasteiger partial charge in [-0.2, -0.15) is 0 Å². The molecule has 0 radical (unpaired) electrons. The van der Waals surface area contributed by atoms with Crippen LogP contribution < -0.4 is 10.2 Å². The van der Waals surface area contributed by atoms with E-state index in [0.717, 1.165) is 22.4 Å². The molecule has 0 aromatic heterocycles. The van der Waals surface area contributed by atoms with Gasteiger partial charge in [0.2, 0.25) is 5.91 Å². The van der Waals surface area contributed by atoms with Gasteiger partial charge in [-0.05, 0) is 55.7 Å². The summed E-state index contributed by atoms with van der Waals surface area (Å²) in [6.45, 7) is 5.87. The highest BCUT2D eigenvalue weighted by Crippen LogP contribution is 2.37. The van der Waals surface area contributed by atoms with Gasteiger partial charge in [-0.25, -0.2) is 8.42 Å². The maximum Gasteiger partial charge on any atom is 0.234 e. The lowest BCUT2D eigenvalue weighted by Crippen LogP contribution is -2.40. The number of hydrogen-bond acceptors (Lipinski definition) is 6. The van der Waals surface area contributed by atoms with Crippen molar-refractivity contribution in [3.63, 3.8) is 0 Å². The first kappa shape index (κ1) is 22.2. The van der Waals surface area contributed by atoms with Gasteiger partial charge in [-0.15, -0.1) is 0 Å². The highest BCUT2D eigenvalue weighted by molar-refractivity contribution is 8.14. The van der Waals surface area contributed by atoms with Crippen LogP contribution in [0.25, 0.3) is 0 Å². The van der Waals surface area contributed by atoms with Crippen molar-refractivity contribution < 1.29 is 13.2 Å². The fourth-order valence-electron chi connectivity index (χ4n) is 3.95. The van der Waals surface area contributed by atoms with Crippen molar-refractivity contribution in [2.24, 2.45) is 4.99 Å². The van der Waals surface area contributed by atoms with E-state index in [1.807, 2.05) is 49.9 Å². The number of carbonyl (C=O) groups excluding carboxylic acids is 1. The topological polar surface area (TPSA) is 78.8 Å². The number of anilines is 2. The van der Waals surface area contributed by atoms with Gasteiger partial charge in [-0.1, -0.05) is 41.6 Å². The molecule has 0 aliphatic carbocycles. The standard InChI is InChI=1S/C22H24ClN3O3S2/c1-13-7-8-14(2)19(9-13)26-20-12-31(28,29)11-18(20)25-22(26)30-10-21(27)24-17-6-4-5-16(23)15(17)3/h4-9,18,20H,10-12H2,1-3H3,(H,24,27)/t18-,20-/m1/s1. The quantitative estimate of drug-likeness (QED) is 0.720. The Labute approximate surface area is 192 Å². The largest absolute Gasteiger partial charge is 0.325 e. The molecule has 0 saturated carbocycles. The minimum absolute atomic E-state index is 0.0526. The predicted octanol–water partition coefficient (Wildman–Crippen LogP) is 3.98. The van der Waals surface area contributed by atoms with E-state index < -0.39 is 9.84 Å². The maximum atomic E-state index is 12.6. The van der Waals surface area contributed by atoms with E-state index in [1.165, 1.54) is 11.8 Å². The number of halogens is 1. The first-order valence-electron chi connectivity index (χ1n) is 9.97. The molecule has 0 bridgehead atoms. The Morgan fingerprint density at radius 2 is 2.00 bits per heavy atom. The molecule has 0 unspecified atom stereocenters. The van der Waals surface area contributed by atoms with Crippen LogP contribution in [0, 0.1) is 20.8 Å². The molecule has 31 heavy (non-hydrogen) atoms. The Morgan fingerprint density at radius 3 is 2.77 bits per heavy atom. The molecule has 2 aliphatic rings. The van der Waals surface area contributed by atoms with Crippen molar-refractivity contribution >= 4 is 55.6 Å². The van der Waals surface area contributed by atoms with Crippen LogP contribution in [0.4, 0.5) is 11.4 Å². The predicted molar refractivity (Wildman–Crippen MR) is 129 cm³/mol. The average molecular weight is 478 g/mol. The Hall–Kier alpha value is -2.03. The number of rotatable bonds is 4. The fraction of sp³-hybridized carbons (Fsp3) is 0.364. The molecule has 2 atom stereocenters. The number of thioether (sulfide) groups is 1. The third-order valence-corrected chi connectivity index (χ3v) is 8.68. The molecule has 4 rings (SSSR count). The summed E-state index contributed by atoms with van der Waals surface area (Å²) in [4.78, 5) is 19.3. The van der Waals surface area contributed by atoms with Crippen LogP contribution in [0.2, 0.25) is 5.02 Å². The van der Waals surface area contributed by atoms with Crippen LogP contribution in [-0.4, -0.2) is 48.8 Å². The zero-order chi connectivity index (χ0) is 22.3. The minimum atomic E-state index is -3.12. The summed E-state index contributed by atoms with van der Waals surface area (Å²) in [6, 6.07) is 11.0. The van der Waals surface area contributed by atoms with Crippen LogP contribution >= 0.6 is 23.4 Å². The average Bonchev–Trinajstić information content (AvgIpc) is 3.17. The van der Waals surface area contributed by atoms with E-state index in [1.54, 1.807) is 12.1 Å². The Balaban J connectivity index is 1.55. The van der Waals surface area contributed by atoms with E-state index in [0.29, 0.717) is 15.9 Å². The number of nitrogens with one attached hydrogen (secondary N) is 1. The van der Waals surface area contributed by atoms with Crippen molar-refractivity contribution in [3.8, 4) is 0 Å². The summed E-state index contributed by atoms with van der Waals surface area (Å²) >= 11 is 7.47. The minimum Gasteiger partial charge on any atom is -0.325 e. The van der Waals surface area contributed by atoms with Crippen LogP contribution in [0.15, 0.2) is 41.4 Å². The maximum absolute atomic E-state index is 12.6. The van der Waals surface area contributed by atoms with E-state index in [-0.39, 0.29) is 35.2 Å². The first-order chi connectivity index (χ1) is 14.6. The van der Waals surface area contributed by atoms with Crippen molar-refractivity contribution in [2.45, 2.75) is 32.9 Å². The SMILES string of the molecule is Cc1ccc(C)c(N2C(SCC(=O)Nc3cccc(Cl)c3C)=N[C@@H]3CS(=O)(=O)C[C@H]32)c1. The summed E-state index contributed by atoms with van der Waals surface area (Å²) in [6.07, 6.45) is 0. The molecule has 2 aromatic carbocycles. The van der Waals surface area contributed by atoms with E-state index in [4.69, 9.17) is 16.6 Å². The number of benzene rings is 2. The van der Waals surface area contributed by atoms with Crippen LogP contribution in [0.5, 0.6) is 0 Å². The van der Waals surface area contributed by atoms with Gasteiger partial charge in [0, 0.05) is 16.4 Å². The number of amidine groups is 1. The molecule has 1 N–H and O–H groups in total. The number of carbonyl (C=O) groups is 1. The van der Waals surface area contributed by atoms with Gasteiger partial charge < -0.3 is 10.2 Å². The zero-order valence-electron chi connectivity index (χ0n) is 17.6. The Bertz CT molecular complexity index is 1180. The summed E-state index contributed by atoms with van der Waals surface area (Å²) in [7, 11) is -3.12. The number of amides is 1. The molecule has 2 heterocycles. The van der Waals surface area contributed by atoms with Crippen molar-refractivity contribution in [2.75, 3.05) is 27.5 Å². The molecule has 1 fully saturated rings. The lowest BCUT2D eigenvalue weighted by atomic mass is 10.1. The molecule has 2 aliphatic heterocycles. The van der Waals surface area contributed by atoms with Crippen molar-refractivity contribution in [1.82, 2.24) is 0 Å². The molecule has 6 nitrogen and oxygen atoms in total. The number of aliphatic imine (C=N–C) groups is 1. The third-order valence-electron chi connectivity index (χ3n) is 5.61. The van der Waals surface area contributed by atoms with Gasteiger partial charge >= 0.3 is 0 Å². The summed E-state index contributed by atoms with van der Waals surface area (Å²) < 4.78 is 24.5. The van der Waals surface area contributed by atoms with E-state index in [9.17, 15) is 13.2 Å². The number of aryl methyl sites for hydroxylation is 2. The van der Waals surface area contributed by atoms with Gasteiger partial charge in [-0.3, -0.25) is 9.79 Å². The summed E-state index contributed by atoms with van der Waals surface area (Å²) in [5.74, 6) is 0.130. The van der Waals surface area contributed by atoms with Crippen LogP contribution in [-0.2, 0) is 14.6 Å². The fourth-order valence-corrected chi connectivity index (χ4v) is 6.89. The smallest absolute Gasteiger partial charge is 0.234 e. The van der Waals surface area contributed by atoms with E-state index >= 15 is 0 Å². The molecule has 164 valence electrons. The number of hydrogen-bond donors (Lipinski definition) is 1. The molecule has 0 spiro atoms. The Kier molecular flexibility index (Phi) is 6.07. The number of fused-ring (bicyclic) bond motifs is 1. The molecule has 2 aromatic rings. The second-order valence-electron chi connectivity index (χ2n) is 8.03. The van der Waals surface area contributed by atoms with E-state index in [2.05, 4.69) is 5.32 Å². The van der Waals surface area contributed by atoms with Crippen LogP contribution in [0.1, 0.15) is 16.7 Å². The van der Waals surface area contributed by atoms with Gasteiger partial charge in [0.25, 0.3) is 0 Å². The molecular weight excluding hydrogens is 454 g/mol. The summed E-state index contributed by atoms with van der Waals surface area (Å²) in [5.41, 5.74) is 4.58.